The summed E-state index contributed by atoms with van der Waals surface area (Å²) in [5.74, 6) is 1.47. The van der Waals surface area contributed by atoms with E-state index in [1.807, 2.05) is 17.0 Å². The second-order valence-corrected chi connectivity index (χ2v) is 6.46. The van der Waals surface area contributed by atoms with Gasteiger partial charge in [0, 0.05) is 19.5 Å². The lowest BCUT2D eigenvalue weighted by molar-refractivity contribution is -0.120. The summed E-state index contributed by atoms with van der Waals surface area (Å²) < 4.78 is 0. The van der Waals surface area contributed by atoms with Crippen LogP contribution < -0.4 is 20.9 Å². The number of aromatic nitrogens is 1. The van der Waals surface area contributed by atoms with Crippen molar-refractivity contribution in [2.24, 2.45) is 5.92 Å². The van der Waals surface area contributed by atoms with Crippen LogP contribution in [0.15, 0.2) is 18.3 Å². The number of nitrogens with one attached hydrogen (secondary N) is 3. The number of rotatable bonds is 5. The van der Waals surface area contributed by atoms with Gasteiger partial charge in [0.25, 0.3) is 0 Å². The van der Waals surface area contributed by atoms with E-state index >= 15 is 0 Å². The van der Waals surface area contributed by atoms with E-state index in [2.05, 4.69) is 20.9 Å². The van der Waals surface area contributed by atoms with Crippen LogP contribution in [0.25, 0.3) is 0 Å². The van der Waals surface area contributed by atoms with Crippen LogP contribution in [-0.4, -0.2) is 49.5 Å². The van der Waals surface area contributed by atoms with E-state index in [4.69, 9.17) is 0 Å². The van der Waals surface area contributed by atoms with Crippen LogP contribution in [-0.2, 0) is 9.59 Å². The largest absolute Gasteiger partial charge is 0.353 e. The molecule has 2 fully saturated rings. The molecule has 3 rings (SSSR count). The average Bonchev–Trinajstić information content (AvgIpc) is 2.61. The number of nitrogens with zero attached hydrogens (tertiary/aromatic N) is 2. The van der Waals surface area contributed by atoms with Gasteiger partial charge in [-0.2, -0.15) is 0 Å². The Hall–Kier alpha value is -1.57. The predicted octanol–water partition coefficient (Wildman–Crippen LogP) is 1.58. The minimum Gasteiger partial charge on any atom is -0.353 e. The molecule has 146 valence electrons. The Balaban J connectivity index is 0.00000169. The molecule has 2 amide bonds. The van der Waals surface area contributed by atoms with Crippen LogP contribution in [0.2, 0.25) is 0 Å². The minimum atomic E-state index is 0. The van der Waals surface area contributed by atoms with Gasteiger partial charge in [0.05, 0.1) is 18.4 Å². The molecule has 26 heavy (non-hydrogen) atoms. The normalized spacial score (nSPS) is 17.5. The van der Waals surface area contributed by atoms with Gasteiger partial charge in [-0.15, -0.1) is 24.8 Å². The lowest BCUT2D eigenvalue weighted by Gasteiger charge is -2.27. The summed E-state index contributed by atoms with van der Waals surface area (Å²) in [6.45, 7) is 3.84. The minimum absolute atomic E-state index is 0. The number of hydrogen-bond donors (Lipinski definition) is 3. The number of halogens is 2. The van der Waals surface area contributed by atoms with E-state index in [1.54, 1.807) is 6.20 Å². The van der Waals surface area contributed by atoms with E-state index in [1.165, 1.54) is 0 Å². The number of anilines is 2. The quantitative estimate of drug-likeness (QED) is 0.694. The van der Waals surface area contributed by atoms with Crippen LogP contribution >= 0.6 is 24.8 Å². The molecule has 2 saturated heterocycles. The number of carbonyl (C=O) groups is 2. The molecule has 0 spiro atoms. The van der Waals surface area contributed by atoms with Gasteiger partial charge >= 0.3 is 0 Å². The zero-order valence-electron chi connectivity index (χ0n) is 14.7. The Bertz CT molecular complexity index is 579. The van der Waals surface area contributed by atoms with Gasteiger partial charge < -0.3 is 20.9 Å². The monoisotopic (exact) mass is 403 g/mol. The second kappa shape index (κ2) is 11.2. The second-order valence-electron chi connectivity index (χ2n) is 6.46. The fraction of sp³-hybridized carbons (Fsp3) is 0.588. The number of amides is 2. The molecular formula is C17H27Cl2N5O2. The van der Waals surface area contributed by atoms with Crippen molar-refractivity contribution in [2.75, 3.05) is 42.9 Å². The van der Waals surface area contributed by atoms with Crippen LogP contribution in [0, 0.1) is 5.92 Å². The first-order valence-corrected chi connectivity index (χ1v) is 8.69. The molecule has 0 radical (unpaired) electrons. The summed E-state index contributed by atoms with van der Waals surface area (Å²) in [5, 5.41) is 9.04. The fourth-order valence-electron chi connectivity index (χ4n) is 3.21. The highest BCUT2D eigenvalue weighted by molar-refractivity contribution is 5.90. The Kier molecular flexibility index (Phi) is 9.69. The van der Waals surface area contributed by atoms with Gasteiger partial charge in [0.2, 0.25) is 11.8 Å². The highest BCUT2D eigenvalue weighted by Crippen LogP contribution is 2.19. The molecule has 0 bridgehead atoms. The Morgan fingerprint density at radius 1 is 1.23 bits per heavy atom. The van der Waals surface area contributed by atoms with Gasteiger partial charge in [0.15, 0.2) is 0 Å². The first-order chi connectivity index (χ1) is 11.7. The van der Waals surface area contributed by atoms with Gasteiger partial charge in [-0.05, 0) is 50.4 Å². The number of piperazine rings is 1. The van der Waals surface area contributed by atoms with Crippen molar-refractivity contribution in [3.63, 3.8) is 0 Å². The van der Waals surface area contributed by atoms with Crippen molar-refractivity contribution >= 4 is 48.1 Å². The van der Waals surface area contributed by atoms with Gasteiger partial charge in [-0.1, -0.05) is 0 Å². The Labute approximate surface area is 166 Å². The number of pyridine rings is 1. The number of hydrogen-bond acceptors (Lipinski definition) is 5. The summed E-state index contributed by atoms with van der Waals surface area (Å²) in [6.07, 6.45) is 5.48. The molecule has 2 aliphatic rings. The molecule has 2 aliphatic heterocycles. The first-order valence-electron chi connectivity index (χ1n) is 8.69. The maximum atomic E-state index is 12.1. The summed E-state index contributed by atoms with van der Waals surface area (Å²) in [5.41, 5.74) is 0.704. The van der Waals surface area contributed by atoms with Crippen LogP contribution in [0.5, 0.6) is 0 Å². The molecule has 1 aromatic heterocycles. The third-order valence-corrected chi connectivity index (χ3v) is 4.63. The van der Waals surface area contributed by atoms with Crippen molar-refractivity contribution in [3.05, 3.63) is 18.3 Å². The number of piperidine rings is 1. The molecule has 0 aliphatic carbocycles. The van der Waals surface area contributed by atoms with Crippen molar-refractivity contribution in [3.8, 4) is 0 Å². The molecule has 0 aromatic carbocycles. The van der Waals surface area contributed by atoms with Crippen LogP contribution in [0.1, 0.15) is 25.7 Å². The zero-order chi connectivity index (χ0) is 16.8. The highest BCUT2D eigenvalue weighted by atomic mass is 35.5. The molecular weight excluding hydrogens is 377 g/mol. The third-order valence-electron chi connectivity index (χ3n) is 4.63. The van der Waals surface area contributed by atoms with Crippen molar-refractivity contribution in [1.82, 2.24) is 15.6 Å². The molecule has 0 atom stereocenters. The van der Waals surface area contributed by atoms with Crippen LogP contribution in [0.3, 0.4) is 0 Å². The zero-order valence-corrected chi connectivity index (χ0v) is 16.3. The third kappa shape index (κ3) is 6.63. The molecule has 3 N–H and O–H groups in total. The maximum absolute atomic E-state index is 12.1. The molecule has 0 saturated carbocycles. The topological polar surface area (TPSA) is 86.4 Å². The number of carbonyl (C=O) groups excluding carboxylic acids is 2. The van der Waals surface area contributed by atoms with E-state index in [9.17, 15) is 9.59 Å². The smallest absolute Gasteiger partial charge is 0.239 e. The molecule has 1 aromatic rings. The first kappa shape index (κ1) is 22.5. The maximum Gasteiger partial charge on any atom is 0.239 e. The van der Waals surface area contributed by atoms with Crippen molar-refractivity contribution < 1.29 is 9.59 Å². The van der Waals surface area contributed by atoms with E-state index in [0.717, 1.165) is 44.7 Å². The summed E-state index contributed by atoms with van der Waals surface area (Å²) in [6, 6.07) is 3.69. The Morgan fingerprint density at radius 3 is 2.65 bits per heavy atom. The summed E-state index contributed by atoms with van der Waals surface area (Å²) >= 11 is 0. The van der Waals surface area contributed by atoms with E-state index in [0.29, 0.717) is 31.1 Å². The van der Waals surface area contributed by atoms with E-state index < -0.39 is 0 Å². The fourth-order valence-corrected chi connectivity index (χ4v) is 3.21. The van der Waals surface area contributed by atoms with Gasteiger partial charge in [-0.3, -0.25) is 9.59 Å². The SMILES string of the molecule is Cl.Cl.O=C1CN(c2ccc(NC(=O)CCC3CCNCC3)cn2)CCN1. The van der Waals surface area contributed by atoms with E-state index in [-0.39, 0.29) is 36.6 Å². The van der Waals surface area contributed by atoms with Gasteiger partial charge in [0.1, 0.15) is 5.82 Å². The lowest BCUT2D eigenvalue weighted by atomic mass is 9.93. The molecule has 0 unspecified atom stereocenters. The highest BCUT2D eigenvalue weighted by Gasteiger charge is 2.18. The Morgan fingerprint density at radius 2 is 2.00 bits per heavy atom. The summed E-state index contributed by atoms with van der Waals surface area (Å²) in [4.78, 5) is 29.8. The van der Waals surface area contributed by atoms with Crippen molar-refractivity contribution in [1.29, 1.82) is 0 Å². The standard InChI is InChI=1S/C17H25N5O2.2ClH/c23-16(4-1-13-5-7-18-8-6-13)21-14-2-3-15(20-11-14)22-10-9-19-17(24)12-22;;/h2-3,11,13,18H,1,4-10,12H2,(H,19,24)(H,21,23);2*1H. The predicted molar refractivity (Wildman–Crippen MR) is 107 cm³/mol. The van der Waals surface area contributed by atoms with Crippen molar-refractivity contribution in [2.45, 2.75) is 25.7 Å². The lowest BCUT2D eigenvalue weighted by Crippen LogP contribution is -2.48. The van der Waals surface area contributed by atoms with Gasteiger partial charge in [-0.25, -0.2) is 4.98 Å². The molecule has 3 heterocycles. The average molecular weight is 404 g/mol. The van der Waals surface area contributed by atoms with Crippen LogP contribution in [0.4, 0.5) is 11.5 Å². The summed E-state index contributed by atoms with van der Waals surface area (Å²) in [7, 11) is 0. The molecule has 9 heteroatoms. The molecule has 7 nitrogen and oxygen atoms in total.